The number of allylic oxidation sites excluding steroid dienone is 3. The Bertz CT molecular complexity index is 4150. The standard InChI is InChI=1S/C69H50N2O/c1-69(2)62-23-10-6-18-56(62)57-42-40-53(44-63(57)69)70(51-36-31-47(32-37-51)45-15-4-3-5-16-45)52-38-33-48(34-39-52)46-27-29-49(30-28-46)54-17-7-11-24-64(54)71-65-25-12-8-19-58(65)59-41-35-50(43-66(59)71)55-21-14-22-61-60-20-9-13-26-67(60)72-68(55)61/h3-33,35-44,48H,34H2,1-2H3. The van der Waals surface area contributed by atoms with E-state index in [1.54, 1.807) is 0 Å². The summed E-state index contributed by atoms with van der Waals surface area (Å²) in [4.78, 5) is 2.44. The molecule has 10 aromatic carbocycles. The molecule has 1 unspecified atom stereocenters. The van der Waals surface area contributed by atoms with Gasteiger partial charge < -0.3 is 13.9 Å². The van der Waals surface area contributed by atoms with Gasteiger partial charge >= 0.3 is 0 Å². The normalized spacial score (nSPS) is 14.8. The Labute approximate surface area is 419 Å². The molecule has 2 aliphatic rings. The van der Waals surface area contributed by atoms with Gasteiger partial charge in [-0.25, -0.2) is 0 Å². The summed E-state index contributed by atoms with van der Waals surface area (Å²) in [7, 11) is 0. The molecule has 0 radical (unpaired) electrons. The zero-order chi connectivity index (χ0) is 47.9. The van der Waals surface area contributed by atoms with E-state index < -0.39 is 0 Å². The minimum atomic E-state index is -0.0984. The minimum absolute atomic E-state index is 0.0984. The number of furan rings is 1. The molecule has 72 heavy (non-hydrogen) atoms. The van der Waals surface area contributed by atoms with Crippen molar-refractivity contribution in [2.45, 2.75) is 31.6 Å². The Balaban J connectivity index is 0.796. The molecule has 1 atom stereocenters. The molecule has 0 saturated heterocycles. The van der Waals surface area contributed by atoms with Gasteiger partial charge in [-0.3, -0.25) is 0 Å². The fraction of sp³-hybridized carbons (Fsp3) is 0.0725. The summed E-state index contributed by atoms with van der Waals surface area (Å²) in [5.41, 5.74) is 22.5. The molecule has 3 heteroatoms. The molecule has 0 bridgehead atoms. The van der Waals surface area contributed by atoms with Crippen molar-refractivity contribution in [2.75, 3.05) is 4.90 Å². The van der Waals surface area contributed by atoms with Crippen LogP contribution in [0.3, 0.4) is 0 Å². The predicted molar refractivity (Wildman–Crippen MR) is 302 cm³/mol. The topological polar surface area (TPSA) is 21.3 Å². The van der Waals surface area contributed by atoms with Gasteiger partial charge in [-0.2, -0.15) is 0 Å². The van der Waals surface area contributed by atoms with Gasteiger partial charge in [-0.1, -0.05) is 208 Å². The highest BCUT2D eigenvalue weighted by atomic mass is 16.3. The van der Waals surface area contributed by atoms with Crippen molar-refractivity contribution in [2.24, 2.45) is 0 Å². The molecule has 3 nitrogen and oxygen atoms in total. The maximum absolute atomic E-state index is 6.54. The number of hydrogen-bond donors (Lipinski definition) is 0. The van der Waals surface area contributed by atoms with Gasteiger partial charge in [0.2, 0.25) is 0 Å². The van der Waals surface area contributed by atoms with Crippen molar-refractivity contribution < 1.29 is 4.42 Å². The van der Waals surface area contributed by atoms with Crippen LogP contribution in [0, 0.1) is 0 Å². The molecule has 0 fully saturated rings. The smallest absolute Gasteiger partial charge is 0.143 e. The van der Waals surface area contributed by atoms with Crippen LogP contribution in [0.1, 0.15) is 42.9 Å². The molecule has 0 aliphatic heterocycles. The van der Waals surface area contributed by atoms with Crippen LogP contribution in [0.2, 0.25) is 0 Å². The lowest BCUT2D eigenvalue weighted by Crippen LogP contribution is -2.19. The molecule has 0 N–H and O–H groups in total. The number of rotatable bonds is 8. The molecule has 14 rings (SSSR count). The van der Waals surface area contributed by atoms with Crippen LogP contribution >= 0.6 is 0 Å². The maximum atomic E-state index is 6.54. The number of hydrogen-bond acceptors (Lipinski definition) is 2. The molecule has 2 aromatic heterocycles. The summed E-state index contributed by atoms with van der Waals surface area (Å²) in [5.74, 6) is 0.251. The van der Waals surface area contributed by atoms with Crippen molar-refractivity contribution in [1.29, 1.82) is 0 Å². The Morgan fingerprint density at radius 2 is 1.10 bits per heavy atom. The van der Waals surface area contributed by atoms with Gasteiger partial charge in [0, 0.05) is 61.1 Å². The second-order valence-corrected chi connectivity index (χ2v) is 20.0. The monoisotopic (exact) mass is 922 g/mol. The first-order valence-corrected chi connectivity index (χ1v) is 25.2. The van der Waals surface area contributed by atoms with Gasteiger partial charge in [0.25, 0.3) is 0 Å². The van der Waals surface area contributed by atoms with E-state index >= 15 is 0 Å². The Morgan fingerprint density at radius 3 is 1.93 bits per heavy atom. The largest absolute Gasteiger partial charge is 0.455 e. The van der Waals surface area contributed by atoms with Crippen LogP contribution in [0.15, 0.2) is 259 Å². The van der Waals surface area contributed by atoms with Crippen LogP contribution in [-0.4, -0.2) is 4.57 Å². The number of fused-ring (bicyclic) bond motifs is 9. The highest BCUT2D eigenvalue weighted by Gasteiger charge is 2.36. The van der Waals surface area contributed by atoms with Crippen molar-refractivity contribution >= 4 is 55.1 Å². The Kier molecular flexibility index (Phi) is 9.69. The summed E-state index contributed by atoms with van der Waals surface area (Å²) in [6.45, 7) is 4.72. The minimum Gasteiger partial charge on any atom is -0.455 e. The number of para-hydroxylation sites is 4. The van der Waals surface area contributed by atoms with Crippen LogP contribution in [0.25, 0.3) is 93.9 Å². The average molecular weight is 923 g/mol. The van der Waals surface area contributed by atoms with E-state index in [1.165, 1.54) is 77.7 Å². The molecule has 2 heterocycles. The predicted octanol–water partition coefficient (Wildman–Crippen LogP) is 18.8. The van der Waals surface area contributed by atoms with E-state index in [0.717, 1.165) is 56.4 Å². The van der Waals surface area contributed by atoms with Crippen LogP contribution < -0.4 is 4.90 Å². The van der Waals surface area contributed by atoms with Gasteiger partial charge in [0.15, 0.2) is 0 Å². The van der Waals surface area contributed by atoms with E-state index in [4.69, 9.17) is 4.42 Å². The van der Waals surface area contributed by atoms with Crippen molar-refractivity contribution in [1.82, 2.24) is 4.57 Å². The van der Waals surface area contributed by atoms with Crippen LogP contribution in [-0.2, 0) is 5.41 Å². The van der Waals surface area contributed by atoms with E-state index in [0.29, 0.717) is 0 Å². The van der Waals surface area contributed by atoms with Gasteiger partial charge in [0.05, 0.1) is 16.7 Å². The Hall–Kier alpha value is -8.92. The fourth-order valence-electron chi connectivity index (χ4n) is 11.9. The summed E-state index contributed by atoms with van der Waals surface area (Å²) in [5, 5.41) is 4.73. The third-order valence-electron chi connectivity index (χ3n) is 15.6. The first-order valence-electron chi connectivity index (χ1n) is 25.2. The molecule has 342 valence electrons. The number of nitrogens with zero attached hydrogens (tertiary/aromatic N) is 2. The summed E-state index contributed by atoms with van der Waals surface area (Å²) in [6.07, 6.45) is 8.06. The molecular formula is C69H50N2O. The highest BCUT2D eigenvalue weighted by Crippen LogP contribution is 2.51. The zero-order valence-electron chi connectivity index (χ0n) is 40.3. The maximum Gasteiger partial charge on any atom is 0.143 e. The van der Waals surface area contributed by atoms with E-state index in [1.807, 2.05) is 6.07 Å². The first-order chi connectivity index (χ1) is 35.5. The number of anilines is 2. The molecule has 0 amide bonds. The average Bonchev–Trinajstić information content (AvgIpc) is 4.06. The second kappa shape index (κ2) is 16.6. The molecule has 12 aromatic rings. The van der Waals surface area contributed by atoms with Crippen LogP contribution in [0.4, 0.5) is 11.4 Å². The van der Waals surface area contributed by atoms with E-state index in [9.17, 15) is 0 Å². The van der Waals surface area contributed by atoms with Gasteiger partial charge in [-0.05, 0) is 111 Å². The number of benzene rings is 10. The van der Waals surface area contributed by atoms with Crippen LogP contribution in [0.5, 0.6) is 0 Å². The molecule has 0 saturated carbocycles. The summed E-state index contributed by atoms with van der Waals surface area (Å²) in [6, 6.07) is 84.3. The second-order valence-electron chi connectivity index (χ2n) is 20.0. The summed E-state index contributed by atoms with van der Waals surface area (Å²) < 4.78 is 8.99. The fourth-order valence-corrected chi connectivity index (χ4v) is 11.9. The Morgan fingerprint density at radius 1 is 0.458 bits per heavy atom. The first kappa shape index (κ1) is 42.0. The van der Waals surface area contributed by atoms with Gasteiger partial charge in [-0.15, -0.1) is 0 Å². The van der Waals surface area contributed by atoms with E-state index in [-0.39, 0.29) is 11.3 Å². The summed E-state index contributed by atoms with van der Waals surface area (Å²) >= 11 is 0. The van der Waals surface area contributed by atoms with Crippen molar-refractivity contribution in [3.05, 3.63) is 271 Å². The van der Waals surface area contributed by atoms with Gasteiger partial charge in [0.1, 0.15) is 11.2 Å². The third kappa shape index (κ3) is 6.72. The molecule has 2 aliphatic carbocycles. The lowest BCUT2D eigenvalue weighted by molar-refractivity contribution is 0.660. The molecule has 0 spiro atoms. The lowest BCUT2D eigenvalue weighted by Gasteiger charge is -2.31. The zero-order valence-corrected chi connectivity index (χ0v) is 40.3. The van der Waals surface area contributed by atoms with E-state index in [2.05, 4.69) is 266 Å². The SMILES string of the molecule is CC1(C)c2ccccc2-c2ccc(N(C3=CCC(c4ccc(-c5ccccc5-n5c6ccccc6c6ccc(-c7cccc8c7oc7ccccc78)cc65)cc4)C=C3)c3ccc(-c4ccccc4)cc3)cc21. The van der Waals surface area contributed by atoms with Crippen molar-refractivity contribution in [3.63, 3.8) is 0 Å². The van der Waals surface area contributed by atoms with Crippen molar-refractivity contribution in [3.8, 4) is 50.2 Å². The quantitative estimate of drug-likeness (QED) is 0.151. The lowest BCUT2D eigenvalue weighted by atomic mass is 9.82. The third-order valence-corrected chi connectivity index (χ3v) is 15.6. The molecular weight excluding hydrogens is 873 g/mol. The highest BCUT2D eigenvalue weighted by molar-refractivity contribution is 6.13. The number of aromatic nitrogens is 1.